The minimum absolute atomic E-state index is 0.0191. The van der Waals surface area contributed by atoms with E-state index in [0.717, 1.165) is 16.9 Å². The van der Waals surface area contributed by atoms with Crippen molar-refractivity contribution in [3.05, 3.63) is 66.2 Å². The van der Waals surface area contributed by atoms with Crippen LogP contribution in [-0.2, 0) is 4.79 Å². The highest BCUT2D eigenvalue weighted by atomic mass is 16.5. The summed E-state index contributed by atoms with van der Waals surface area (Å²) in [7, 11) is 3.25. The van der Waals surface area contributed by atoms with Crippen LogP contribution in [0.5, 0.6) is 17.4 Å². The van der Waals surface area contributed by atoms with Crippen LogP contribution in [0.3, 0.4) is 0 Å². The van der Waals surface area contributed by atoms with E-state index in [-0.39, 0.29) is 24.6 Å². The Bertz CT molecular complexity index is 1360. The van der Waals surface area contributed by atoms with E-state index in [4.69, 9.17) is 14.2 Å². The molecule has 5 rings (SSSR count). The zero-order valence-corrected chi connectivity index (χ0v) is 20.0. The standard InChI is InChI=1S/C25H27N7O4/c1-34-18-7-3-5-16(13-18)20-15-21(28-27-20)25(33)26-11-12-36-23-10-9-22-29-30-24(32(22)31-23)17-6-4-8-19(14-17)35-2/h3-10,13-14,20-21,27-28H,11-12,15H2,1-2H3,(H,26,33). The lowest BCUT2D eigenvalue weighted by molar-refractivity contribution is -0.123. The summed E-state index contributed by atoms with van der Waals surface area (Å²) in [6.07, 6.45) is 0.624. The number of aromatic nitrogens is 4. The van der Waals surface area contributed by atoms with Gasteiger partial charge in [-0.2, -0.15) is 4.52 Å². The zero-order chi connectivity index (χ0) is 24.9. The van der Waals surface area contributed by atoms with E-state index in [1.165, 1.54) is 0 Å². The topological polar surface area (TPSA) is 124 Å². The van der Waals surface area contributed by atoms with Crippen LogP contribution in [0.4, 0.5) is 0 Å². The number of benzene rings is 2. The minimum Gasteiger partial charge on any atom is -0.497 e. The van der Waals surface area contributed by atoms with Gasteiger partial charge in [-0.05, 0) is 42.3 Å². The molecule has 0 aliphatic carbocycles. The second-order valence-electron chi connectivity index (χ2n) is 8.24. The second-order valence-corrected chi connectivity index (χ2v) is 8.24. The summed E-state index contributed by atoms with van der Waals surface area (Å²) in [4.78, 5) is 12.6. The molecule has 2 unspecified atom stereocenters. The van der Waals surface area contributed by atoms with Crippen LogP contribution in [0, 0.1) is 0 Å². The largest absolute Gasteiger partial charge is 0.497 e. The third kappa shape index (κ3) is 5.07. The molecule has 1 amide bonds. The molecule has 1 saturated heterocycles. The number of ether oxygens (including phenoxy) is 3. The lowest BCUT2D eigenvalue weighted by Gasteiger charge is -2.12. The first-order chi connectivity index (χ1) is 17.6. The lowest BCUT2D eigenvalue weighted by atomic mass is 10.0. The average Bonchev–Trinajstić information content (AvgIpc) is 3.59. The summed E-state index contributed by atoms with van der Waals surface area (Å²) in [5.41, 5.74) is 8.73. The number of fused-ring (bicyclic) bond motifs is 1. The molecule has 3 heterocycles. The summed E-state index contributed by atoms with van der Waals surface area (Å²) in [6.45, 7) is 0.603. The summed E-state index contributed by atoms with van der Waals surface area (Å²) >= 11 is 0. The van der Waals surface area contributed by atoms with Gasteiger partial charge in [0.1, 0.15) is 24.1 Å². The number of hydrogen-bond donors (Lipinski definition) is 3. The molecule has 4 aromatic rings. The van der Waals surface area contributed by atoms with Gasteiger partial charge in [0.2, 0.25) is 11.8 Å². The van der Waals surface area contributed by atoms with Gasteiger partial charge in [0, 0.05) is 17.7 Å². The summed E-state index contributed by atoms with van der Waals surface area (Å²) in [5, 5.41) is 15.8. The first kappa shape index (κ1) is 23.5. The van der Waals surface area contributed by atoms with Crippen molar-refractivity contribution < 1.29 is 19.0 Å². The maximum absolute atomic E-state index is 12.6. The number of hydrogen-bond acceptors (Lipinski definition) is 9. The Labute approximate surface area is 207 Å². The first-order valence-corrected chi connectivity index (χ1v) is 11.6. The highest BCUT2D eigenvalue weighted by Crippen LogP contribution is 2.25. The Morgan fingerprint density at radius 1 is 1.03 bits per heavy atom. The fourth-order valence-electron chi connectivity index (χ4n) is 4.05. The third-order valence-corrected chi connectivity index (χ3v) is 5.93. The molecule has 1 aliphatic rings. The third-order valence-electron chi connectivity index (χ3n) is 5.93. The number of amides is 1. The molecule has 186 valence electrons. The van der Waals surface area contributed by atoms with E-state index in [9.17, 15) is 4.79 Å². The van der Waals surface area contributed by atoms with Crippen molar-refractivity contribution in [2.24, 2.45) is 0 Å². The lowest BCUT2D eigenvalue weighted by Crippen LogP contribution is -2.44. The quantitative estimate of drug-likeness (QED) is 0.303. The SMILES string of the molecule is COc1cccc(-c2nnc3ccc(OCCNC(=O)C4CC(c5cccc(OC)c5)NN4)nn23)c1. The van der Waals surface area contributed by atoms with Gasteiger partial charge in [0.15, 0.2) is 11.5 Å². The van der Waals surface area contributed by atoms with Crippen molar-refractivity contribution in [1.82, 2.24) is 36.0 Å². The number of methoxy groups -OCH3 is 2. The number of nitrogens with zero attached hydrogens (tertiary/aromatic N) is 4. The van der Waals surface area contributed by atoms with Crippen molar-refractivity contribution in [2.45, 2.75) is 18.5 Å². The number of hydrazine groups is 1. The van der Waals surface area contributed by atoms with Crippen LogP contribution in [0.1, 0.15) is 18.0 Å². The van der Waals surface area contributed by atoms with Crippen molar-refractivity contribution in [3.8, 4) is 28.8 Å². The molecule has 1 fully saturated rings. The normalized spacial score (nSPS) is 17.2. The van der Waals surface area contributed by atoms with Crippen molar-refractivity contribution in [2.75, 3.05) is 27.4 Å². The highest BCUT2D eigenvalue weighted by Gasteiger charge is 2.30. The molecule has 11 nitrogen and oxygen atoms in total. The average molecular weight is 490 g/mol. The molecule has 0 bridgehead atoms. The molecule has 2 aromatic carbocycles. The van der Waals surface area contributed by atoms with Crippen LogP contribution in [-0.4, -0.2) is 59.1 Å². The van der Waals surface area contributed by atoms with Gasteiger partial charge in [-0.15, -0.1) is 15.3 Å². The van der Waals surface area contributed by atoms with Gasteiger partial charge in [-0.1, -0.05) is 24.3 Å². The van der Waals surface area contributed by atoms with Crippen LogP contribution < -0.4 is 30.4 Å². The fourth-order valence-corrected chi connectivity index (χ4v) is 4.05. The predicted molar refractivity (Wildman–Crippen MR) is 132 cm³/mol. The maximum atomic E-state index is 12.6. The maximum Gasteiger partial charge on any atom is 0.238 e. The number of carbonyl (C=O) groups is 1. The zero-order valence-electron chi connectivity index (χ0n) is 20.0. The monoisotopic (exact) mass is 489 g/mol. The first-order valence-electron chi connectivity index (χ1n) is 11.6. The molecule has 2 aromatic heterocycles. The molecule has 1 aliphatic heterocycles. The predicted octanol–water partition coefficient (Wildman–Crippen LogP) is 1.91. The van der Waals surface area contributed by atoms with Crippen LogP contribution in [0.15, 0.2) is 60.7 Å². The summed E-state index contributed by atoms with van der Waals surface area (Å²) in [6, 6.07) is 18.5. The van der Waals surface area contributed by atoms with Crippen molar-refractivity contribution in [1.29, 1.82) is 0 Å². The molecule has 3 N–H and O–H groups in total. The minimum atomic E-state index is -0.349. The van der Waals surface area contributed by atoms with Crippen LogP contribution in [0.2, 0.25) is 0 Å². The summed E-state index contributed by atoms with van der Waals surface area (Å²) < 4.78 is 18.0. The molecule has 36 heavy (non-hydrogen) atoms. The van der Waals surface area contributed by atoms with E-state index in [1.54, 1.807) is 30.9 Å². The van der Waals surface area contributed by atoms with Crippen molar-refractivity contribution >= 4 is 11.6 Å². The Balaban J connectivity index is 1.14. The highest BCUT2D eigenvalue weighted by molar-refractivity contribution is 5.82. The van der Waals surface area contributed by atoms with Crippen molar-refractivity contribution in [3.63, 3.8) is 0 Å². The second kappa shape index (κ2) is 10.6. The number of carbonyl (C=O) groups excluding carboxylic acids is 1. The Hall–Kier alpha value is -4.22. The summed E-state index contributed by atoms with van der Waals surface area (Å²) in [5.74, 6) is 2.38. The molecule has 0 spiro atoms. The molecular weight excluding hydrogens is 462 g/mol. The van der Waals surface area contributed by atoms with Gasteiger partial charge in [-0.3, -0.25) is 4.79 Å². The van der Waals surface area contributed by atoms with Gasteiger partial charge >= 0.3 is 0 Å². The molecule has 0 radical (unpaired) electrons. The molecule has 0 saturated carbocycles. The van der Waals surface area contributed by atoms with E-state index < -0.39 is 0 Å². The smallest absolute Gasteiger partial charge is 0.238 e. The Morgan fingerprint density at radius 3 is 2.67 bits per heavy atom. The van der Waals surface area contributed by atoms with E-state index in [2.05, 4.69) is 31.5 Å². The van der Waals surface area contributed by atoms with Gasteiger partial charge in [-0.25, -0.2) is 10.9 Å². The molecule has 11 heteroatoms. The van der Waals surface area contributed by atoms with Gasteiger partial charge in [0.25, 0.3) is 0 Å². The Kier molecular flexibility index (Phi) is 6.92. The number of nitrogens with one attached hydrogen (secondary N) is 3. The molecular formula is C25H27N7O4. The van der Waals surface area contributed by atoms with E-state index in [1.807, 2.05) is 48.5 Å². The number of rotatable bonds is 9. The van der Waals surface area contributed by atoms with Crippen LogP contribution >= 0.6 is 0 Å². The van der Waals surface area contributed by atoms with Gasteiger partial charge < -0.3 is 19.5 Å². The molecule has 2 atom stereocenters. The van der Waals surface area contributed by atoms with E-state index in [0.29, 0.717) is 36.1 Å². The van der Waals surface area contributed by atoms with E-state index >= 15 is 0 Å². The van der Waals surface area contributed by atoms with Crippen LogP contribution in [0.25, 0.3) is 17.0 Å². The Morgan fingerprint density at radius 2 is 1.83 bits per heavy atom. The van der Waals surface area contributed by atoms with Gasteiger partial charge in [0.05, 0.1) is 20.8 Å². The fraction of sp³-hybridized carbons (Fsp3) is 0.280.